The number of halogens is 2. The van der Waals surface area contributed by atoms with Crippen molar-refractivity contribution in [1.29, 1.82) is 0 Å². The molecule has 0 spiro atoms. The van der Waals surface area contributed by atoms with Gasteiger partial charge in [0.1, 0.15) is 5.82 Å². The van der Waals surface area contributed by atoms with E-state index in [4.69, 9.17) is 17.3 Å². The average Bonchev–Trinajstić information content (AvgIpc) is 2.32. The first kappa shape index (κ1) is 13.0. The molecule has 0 amide bonds. The molecule has 0 fully saturated rings. The Labute approximate surface area is 111 Å². The summed E-state index contributed by atoms with van der Waals surface area (Å²) in [5.41, 5.74) is 7.16. The molecule has 1 aromatic heterocycles. The summed E-state index contributed by atoms with van der Waals surface area (Å²) >= 11 is 6.11. The maximum Gasteiger partial charge on any atom is 0.141 e. The maximum absolute atomic E-state index is 12.8. The highest BCUT2D eigenvalue weighted by Gasteiger charge is 2.24. The van der Waals surface area contributed by atoms with Gasteiger partial charge in [0.05, 0.1) is 17.4 Å². The highest BCUT2D eigenvalue weighted by atomic mass is 35.5. The van der Waals surface area contributed by atoms with E-state index in [0.717, 1.165) is 5.56 Å². The SMILES string of the molecule is CC(N)(Cc1ccccc1Cl)c1ccc(F)cn1. The number of nitrogens with two attached hydrogens (primary N) is 1. The van der Waals surface area contributed by atoms with Gasteiger partial charge in [0, 0.05) is 5.02 Å². The fraction of sp³-hybridized carbons (Fsp3) is 0.214. The first-order chi connectivity index (χ1) is 8.49. The Hall–Kier alpha value is -1.45. The van der Waals surface area contributed by atoms with E-state index in [0.29, 0.717) is 17.1 Å². The first-order valence-electron chi connectivity index (χ1n) is 5.63. The Bertz CT molecular complexity index is 538. The Morgan fingerprint density at radius 1 is 1.28 bits per heavy atom. The Kier molecular flexibility index (Phi) is 3.64. The molecule has 0 aliphatic rings. The van der Waals surface area contributed by atoms with Crippen LogP contribution < -0.4 is 5.73 Å². The van der Waals surface area contributed by atoms with Crippen molar-refractivity contribution in [2.24, 2.45) is 5.73 Å². The summed E-state index contributed by atoms with van der Waals surface area (Å²) in [6, 6.07) is 10.5. The first-order valence-corrected chi connectivity index (χ1v) is 6.01. The van der Waals surface area contributed by atoms with E-state index >= 15 is 0 Å². The highest BCUT2D eigenvalue weighted by molar-refractivity contribution is 6.31. The highest BCUT2D eigenvalue weighted by Crippen LogP contribution is 2.25. The molecular weight excluding hydrogens is 251 g/mol. The van der Waals surface area contributed by atoms with Crippen LogP contribution in [-0.2, 0) is 12.0 Å². The van der Waals surface area contributed by atoms with E-state index in [-0.39, 0.29) is 5.82 Å². The van der Waals surface area contributed by atoms with Gasteiger partial charge in [0.2, 0.25) is 0 Å². The molecule has 1 aromatic carbocycles. The van der Waals surface area contributed by atoms with E-state index < -0.39 is 5.54 Å². The van der Waals surface area contributed by atoms with Crippen molar-refractivity contribution in [1.82, 2.24) is 4.98 Å². The molecule has 0 bridgehead atoms. The van der Waals surface area contributed by atoms with Crippen LogP contribution in [0.3, 0.4) is 0 Å². The van der Waals surface area contributed by atoms with E-state index in [1.165, 1.54) is 12.3 Å². The van der Waals surface area contributed by atoms with Gasteiger partial charge in [-0.25, -0.2) is 4.39 Å². The van der Waals surface area contributed by atoms with Gasteiger partial charge in [-0.05, 0) is 37.1 Å². The fourth-order valence-electron chi connectivity index (χ4n) is 1.84. The second-order valence-corrected chi connectivity index (χ2v) is 4.95. The molecule has 2 aromatic rings. The molecule has 2 N–H and O–H groups in total. The van der Waals surface area contributed by atoms with Crippen molar-refractivity contribution in [2.45, 2.75) is 18.9 Å². The van der Waals surface area contributed by atoms with Gasteiger partial charge in [-0.2, -0.15) is 0 Å². The monoisotopic (exact) mass is 264 g/mol. The van der Waals surface area contributed by atoms with Crippen LogP contribution in [0, 0.1) is 5.82 Å². The van der Waals surface area contributed by atoms with Crippen LogP contribution in [0.4, 0.5) is 4.39 Å². The Balaban J connectivity index is 2.27. The summed E-state index contributed by atoms with van der Waals surface area (Å²) in [4.78, 5) is 4.03. The smallest absolute Gasteiger partial charge is 0.141 e. The molecule has 0 saturated carbocycles. The van der Waals surface area contributed by atoms with Crippen LogP contribution in [0.5, 0.6) is 0 Å². The van der Waals surface area contributed by atoms with Crippen molar-refractivity contribution in [3.63, 3.8) is 0 Å². The van der Waals surface area contributed by atoms with E-state index in [1.807, 2.05) is 31.2 Å². The topological polar surface area (TPSA) is 38.9 Å². The molecule has 94 valence electrons. The number of nitrogens with zero attached hydrogens (tertiary/aromatic N) is 1. The molecule has 1 unspecified atom stereocenters. The zero-order valence-corrected chi connectivity index (χ0v) is 10.8. The van der Waals surface area contributed by atoms with E-state index in [1.54, 1.807) is 6.07 Å². The summed E-state index contributed by atoms with van der Waals surface area (Å²) in [7, 11) is 0. The zero-order valence-electron chi connectivity index (χ0n) is 10.0. The molecule has 4 heteroatoms. The quantitative estimate of drug-likeness (QED) is 0.924. The van der Waals surface area contributed by atoms with Crippen LogP contribution in [-0.4, -0.2) is 4.98 Å². The minimum atomic E-state index is -0.682. The van der Waals surface area contributed by atoms with Gasteiger partial charge in [-0.1, -0.05) is 29.8 Å². The summed E-state index contributed by atoms with van der Waals surface area (Å²) in [6.07, 6.45) is 1.72. The van der Waals surface area contributed by atoms with Crippen LogP contribution >= 0.6 is 11.6 Å². The third kappa shape index (κ3) is 2.86. The fourth-order valence-corrected chi connectivity index (χ4v) is 2.04. The lowest BCUT2D eigenvalue weighted by Crippen LogP contribution is -2.36. The number of benzene rings is 1. The summed E-state index contributed by atoms with van der Waals surface area (Å²) < 4.78 is 12.8. The molecule has 0 aliphatic carbocycles. The number of pyridine rings is 1. The lowest BCUT2D eigenvalue weighted by atomic mass is 9.90. The lowest BCUT2D eigenvalue weighted by Gasteiger charge is -2.24. The second-order valence-electron chi connectivity index (χ2n) is 4.55. The van der Waals surface area contributed by atoms with Crippen LogP contribution in [0.2, 0.25) is 5.02 Å². The van der Waals surface area contributed by atoms with Gasteiger partial charge in [-0.3, -0.25) is 4.98 Å². The third-order valence-electron chi connectivity index (χ3n) is 2.83. The molecular formula is C14H14ClFN2. The van der Waals surface area contributed by atoms with Crippen LogP contribution in [0.25, 0.3) is 0 Å². The molecule has 2 rings (SSSR count). The van der Waals surface area contributed by atoms with Gasteiger partial charge < -0.3 is 5.73 Å². The molecule has 0 aliphatic heterocycles. The van der Waals surface area contributed by atoms with Crippen molar-refractivity contribution < 1.29 is 4.39 Å². The number of hydrogen-bond acceptors (Lipinski definition) is 2. The number of aromatic nitrogens is 1. The van der Waals surface area contributed by atoms with Crippen LogP contribution in [0.15, 0.2) is 42.6 Å². The van der Waals surface area contributed by atoms with Gasteiger partial charge >= 0.3 is 0 Å². The second kappa shape index (κ2) is 5.04. The minimum Gasteiger partial charge on any atom is -0.320 e. The van der Waals surface area contributed by atoms with E-state index in [2.05, 4.69) is 4.98 Å². The summed E-state index contributed by atoms with van der Waals surface area (Å²) in [5.74, 6) is -0.368. The van der Waals surface area contributed by atoms with Gasteiger partial charge in [0.25, 0.3) is 0 Å². The van der Waals surface area contributed by atoms with Gasteiger partial charge in [-0.15, -0.1) is 0 Å². The zero-order chi connectivity index (χ0) is 13.2. The summed E-state index contributed by atoms with van der Waals surface area (Å²) in [6.45, 7) is 1.86. The molecule has 2 nitrogen and oxygen atoms in total. The van der Waals surface area contributed by atoms with Gasteiger partial charge in [0.15, 0.2) is 0 Å². The average molecular weight is 265 g/mol. The predicted molar refractivity (Wildman–Crippen MR) is 70.9 cm³/mol. The van der Waals surface area contributed by atoms with Crippen molar-refractivity contribution in [2.75, 3.05) is 0 Å². The molecule has 18 heavy (non-hydrogen) atoms. The number of hydrogen-bond donors (Lipinski definition) is 1. The Morgan fingerprint density at radius 3 is 2.61 bits per heavy atom. The molecule has 0 saturated heterocycles. The lowest BCUT2D eigenvalue weighted by molar-refractivity contribution is 0.473. The van der Waals surface area contributed by atoms with Crippen molar-refractivity contribution in [3.05, 3.63) is 64.7 Å². The third-order valence-corrected chi connectivity index (χ3v) is 3.20. The summed E-state index contributed by atoms with van der Waals surface area (Å²) in [5, 5.41) is 0.677. The minimum absolute atomic E-state index is 0.368. The largest absolute Gasteiger partial charge is 0.320 e. The Morgan fingerprint density at radius 2 is 2.00 bits per heavy atom. The predicted octanol–water partition coefficient (Wildman–Crippen LogP) is 3.29. The van der Waals surface area contributed by atoms with Crippen LogP contribution in [0.1, 0.15) is 18.2 Å². The molecule has 1 atom stereocenters. The van der Waals surface area contributed by atoms with E-state index in [9.17, 15) is 4.39 Å². The number of rotatable bonds is 3. The molecule has 1 heterocycles. The standard InChI is InChI=1S/C14H14ClFN2/c1-14(17,13-7-6-11(16)9-18-13)8-10-4-2-3-5-12(10)15/h2-7,9H,8,17H2,1H3. The normalized spacial score (nSPS) is 14.2. The maximum atomic E-state index is 12.8. The van der Waals surface area contributed by atoms with Crippen molar-refractivity contribution in [3.8, 4) is 0 Å². The van der Waals surface area contributed by atoms with Crippen molar-refractivity contribution >= 4 is 11.6 Å². The molecule has 0 radical (unpaired) electrons.